The van der Waals surface area contributed by atoms with Gasteiger partial charge in [0.15, 0.2) is 0 Å². The molecule has 3 aromatic heterocycles. The lowest BCUT2D eigenvalue weighted by Gasteiger charge is -2.30. The van der Waals surface area contributed by atoms with Crippen LogP contribution in [0.5, 0.6) is 0 Å². The number of rotatable bonds is 6. The van der Waals surface area contributed by atoms with Crippen molar-refractivity contribution in [3.8, 4) is 0 Å². The summed E-state index contributed by atoms with van der Waals surface area (Å²) in [5.74, 6) is 0.111. The van der Waals surface area contributed by atoms with Crippen molar-refractivity contribution < 1.29 is 9.59 Å². The minimum absolute atomic E-state index is 0.0556. The number of H-pyrrole nitrogens is 1. The monoisotopic (exact) mass is 472 g/mol. The molecule has 0 radical (unpaired) electrons. The maximum atomic E-state index is 13.0. The van der Waals surface area contributed by atoms with Crippen LogP contribution in [0, 0.1) is 13.8 Å². The van der Waals surface area contributed by atoms with Crippen molar-refractivity contribution in [2.24, 2.45) is 0 Å². The number of amides is 2. The van der Waals surface area contributed by atoms with Gasteiger partial charge < -0.3 is 15.2 Å². The molecule has 0 unspecified atom stereocenters. The van der Waals surface area contributed by atoms with Gasteiger partial charge in [0.1, 0.15) is 0 Å². The normalized spacial score (nSPS) is 13.2. The molecule has 2 amide bonds. The Morgan fingerprint density at radius 3 is 2.85 bits per heavy atom. The average Bonchev–Trinajstić information content (AvgIpc) is 3.47. The summed E-state index contributed by atoms with van der Waals surface area (Å²) in [5, 5.41) is 4.24. The summed E-state index contributed by atoms with van der Waals surface area (Å²) in [6.07, 6.45) is 5.88. The highest BCUT2D eigenvalue weighted by atomic mass is 32.1. The zero-order valence-corrected chi connectivity index (χ0v) is 20.3. The summed E-state index contributed by atoms with van der Waals surface area (Å²) in [6.45, 7) is 5.69. The van der Waals surface area contributed by atoms with E-state index in [4.69, 9.17) is 0 Å². The molecule has 174 valence electrons. The number of thiophene rings is 1. The first-order valence-corrected chi connectivity index (χ1v) is 12.4. The largest absolute Gasteiger partial charge is 0.361 e. The standard InChI is InChI=1S/C27H28N4O2S/c1-17-7-9-25(34-17)27(33)30-15-23-18(2)28-14-20-16-31(12-11-21(20)23)26(32)10-8-19-13-29-24-6-4-3-5-22(19)24/h3-7,9,13-14,29H,8,10-12,15-16H2,1-2H3,(H,30,33). The lowest BCUT2D eigenvalue weighted by atomic mass is 9.94. The number of benzene rings is 1. The molecule has 7 heteroatoms. The number of aromatic amines is 1. The molecular formula is C27H28N4O2S. The maximum absolute atomic E-state index is 13.0. The van der Waals surface area contributed by atoms with Crippen molar-refractivity contribution in [3.63, 3.8) is 0 Å². The van der Waals surface area contributed by atoms with Crippen LogP contribution in [0.3, 0.4) is 0 Å². The Kier molecular flexibility index (Phi) is 6.20. The second-order valence-corrected chi connectivity index (χ2v) is 10.1. The number of para-hydroxylation sites is 1. The van der Waals surface area contributed by atoms with E-state index in [9.17, 15) is 9.59 Å². The predicted octanol–water partition coefficient (Wildman–Crippen LogP) is 4.69. The van der Waals surface area contributed by atoms with Gasteiger partial charge in [-0.15, -0.1) is 11.3 Å². The molecule has 0 aliphatic carbocycles. The second kappa shape index (κ2) is 9.43. The van der Waals surface area contributed by atoms with E-state index in [1.54, 1.807) is 0 Å². The van der Waals surface area contributed by atoms with E-state index < -0.39 is 0 Å². The molecule has 0 spiro atoms. The van der Waals surface area contributed by atoms with E-state index >= 15 is 0 Å². The third-order valence-electron chi connectivity index (χ3n) is 6.62. The van der Waals surface area contributed by atoms with Crippen molar-refractivity contribution in [2.45, 2.75) is 46.2 Å². The summed E-state index contributed by atoms with van der Waals surface area (Å²) < 4.78 is 0. The van der Waals surface area contributed by atoms with Gasteiger partial charge in [0.25, 0.3) is 5.91 Å². The summed E-state index contributed by atoms with van der Waals surface area (Å²) in [7, 11) is 0. The Labute approximate surface area is 203 Å². The molecule has 6 nitrogen and oxygen atoms in total. The maximum Gasteiger partial charge on any atom is 0.261 e. The molecule has 1 aliphatic heterocycles. The predicted molar refractivity (Wildman–Crippen MR) is 135 cm³/mol. The van der Waals surface area contributed by atoms with Crippen LogP contribution in [0.15, 0.2) is 48.8 Å². The van der Waals surface area contributed by atoms with Crippen molar-refractivity contribution >= 4 is 34.1 Å². The Morgan fingerprint density at radius 2 is 2.03 bits per heavy atom. The summed E-state index contributed by atoms with van der Waals surface area (Å²) in [6, 6.07) is 12.0. The average molecular weight is 473 g/mol. The molecule has 1 aliphatic rings. The number of carbonyl (C=O) groups is 2. The molecule has 2 N–H and O–H groups in total. The minimum Gasteiger partial charge on any atom is -0.361 e. The molecule has 0 fully saturated rings. The topological polar surface area (TPSA) is 78.1 Å². The van der Waals surface area contributed by atoms with Crippen molar-refractivity contribution in [3.05, 3.63) is 86.5 Å². The molecule has 5 rings (SSSR count). The van der Waals surface area contributed by atoms with E-state index in [-0.39, 0.29) is 11.8 Å². The van der Waals surface area contributed by atoms with Crippen LogP contribution < -0.4 is 5.32 Å². The van der Waals surface area contributed by atoms with Gasteiger partial charge >= 0.3 is 0 Å². The Balaban J connectivity index is 1.24. The van der Waals surface area contributed by atoms with Gasteiger partial charge in [-0.1, -0.05) is 18.2 Å². The van der Waals surface area contributed by atoms with Gasteiger partial charge in [0, 0.05) is 59.9 Å². The lowest BCUT2D eigenvalue weighted by Crippen LogP contribution is -2.37. The van der Waals surface area contributed by atoms with Crippen LogP contribution in [0.25, 0.3) is 10.9 Å². The smallest absolute Gasteiger partial charge is 0.261 e. The summed E-state index contributed by atoms with van der Waals surface area (Å²) >= 11 is 1.50. The van der Waals surface area contributed by atoms with Crippen LogP contribution in [0.4, 0.5) is 0 Å². The fourth-order valence-electron chi connectivity index (χ4n) is 4.72. The number of carbonyl (C=O) groups excluding carboxylic acids is 2. The Hall–Kier alpha value is -3.45. The highest BCUT2D eigenvalue weighted by Gasteiger charge is 2.24. The van der Waals surface area contributed by atoms with E-state index in [0.717, 1.165) is 44.9 Å². The van der Waals surface area contributed by atoms with Crippen LogP contribution >= 0.6 is 11.3 Å². The van der Waals surface area contributed by atoms with Crippen molar-refractivity contribution in [2.75, 3.05) is 6.54 Å². The molecule has 4 aromatic rings. The minimum atomic E-state index is -0.0556. The Bertz CT molecular complexity index is 1370. The van der Waals surface area contributed by atoms with Crippen LogP contribution in [0.2, 0.25) is 0 Å². The number of aryl methyl sites for hydroxylation is 3. The molecule has 34 heavy (non-hydrogen) atoms. The summed E-state index contributed by atoms with van der Waals surface area (Å²) in [5.41, 5.74) is 6.58. The van der Waals surface area contributed by atoms with Crippen molar-refractivity contribution in [1.29, 1.82) is 0 Å². The number of fused-ring (bicyclic) bond motifs is 2. The lowest BCUT2D eigenvalue weighted by molar-refractivity contribution is -0.132. The fraction of sp³-hybridized carbons (Fsp3) is 0.296. The summed E-state index contributed by atoms with van der Waals surface area (Å²) in [4.78, 5) is 37.2. The van der Waals surface area contributed by atoms with E-state index in [0.29, 0.717) is 26.1 Å². The van der Waals surface area contributed by atoms with E-state index in [2.05, 4.69) is 27.4 Å². The number of nitrogens with zero attached hydrogens (tertiary/aromatic N) is 2. The van der Waals surface area contributed by atoms with Gasteiger partial charge in [-0.3, -0.25) is 14.6 Å². The van der Waals surface area contributed by atoms with Crippen LogP contribution in [-0.4, -0.2) is 33.2 Å². The first kappa shape index (κ1) is 22.3. The molecule has 1 aromatic carbocycles. The zero-order valence-electron chi connectivity index (χ0n) is 19.5. The zero-order chi connectivity index (χ0) is 23.7. The molecule has 0 bridgehead atoms. The van der Waals surface area contributed by atoms with E-state index in [1.807, 2.05) is 55.4 Å². The van der Waals surface area contributed by atoms with Gasteiger partial charge in [-0.25, -0.2) is 0 Å². The number of hydrogen-bond donors (Lipinski definition) is 2. The highest BCUT2D eigenvalue weighted by Crippen LogP contribution is 2.26. The number of hydrogen-bond acceptors (Lipinski definition) is 4. The molecular weight excluding hydrogens is 444 g/mol. The first-order chi connectivity index (χ1) is 16.5. The molecule has 0 atom stereocenters. The fourth-order valence-corrected chi connectivity index (χ4v) is 5.50. The quantitative estimate of drug-likeness (QED) is 0.427. The highest BCUT2D eigenvalue weighted by molar-refractivity contribution is 7.13. The second-order valence-electron chi connectivity index (χ2n) is 8.84. The third-order valence-corrected chi connectivity index (χ3v) is 7.62. The molecule has 0 saturated heterocycles. The van der Waals surface area contributed by atoms with Crippen molar-refractivity contribution in [1.82, 2.24) is 20.2 Å². The van der Waals surface area contributed by atoms with Gasteiger partial charge in [0.2, 0.25) is 5.91 Å². The molecule has 0 saturated carbocycles. The van der Waals surface area contributed by atoms with Crippen LogP contribution in [-0.2, 0) is 30.7 Å². The van der Waals surface area contributed by atoms with Gasteiger partial charge in [-0.05, 0) is 67.1 Å². The number of pyridine rings is 1. The number of nitrogens with one attached hydrogen (secondary N) is 2. The molecule has 4 heterocycles. The Morgan fingerprint density at radius 1 is 1.18 bits per heavy atom. The number of aromatic nitrogens is 2. The SMILES string of the molecule is Cc1ccc(C(=O)NCc2c(C)ncc3c2CCN(C(=O)CCc2c[nH]c4ccccc24)C3)s1. The third kappa shape index (κ3) is 4.48. The van der Waals surface area contributed by atoms with Gasteiger partial charge in [-0.2, -0.15) is 0 Å². The first-order valence-electron chi connectivity index (χ1n) is 11.6. The van der Waals surface area contributed by atoms with E-state index in [1.165, 1.54) is 27.8 Å². The van der Waals surface area contributed by atoms with Crippen LogP contribution in [0.1, 0.15) is 48.9 Å². The van der Waals surface area contributed by atoms with Gasteiger partial charge in [0.05, 0.1) is 4.88 Å².